The Morgan fingerprint density at radius 2 is 1.48 bits per heavy atom. The first kappa shape index (κ1) is 43.4. The van der Waals surface area contributed by atoms with Crippen molar-refractivity contribution in [2.24, 2.45) is 44.8 Å². The number of alkyl carbamates (subject to hydrolysis) is 2. The van der Waals surface area contributed by atoms with Gasteiger partial charge in [-0.25, -0.2) is 14.4 Å². The van der Waals surface area contributed by atoms with Crippen molar-refractivity contribution >= 4 is 18.2 Å². The van der Waals surface area contributed by atoms with Crippen molar-refractivity contribution in [1.29, 1.82) is 0 Å². The van der Waals surface area contributed by atoms with Gasteiger partial charge in [0.25, 0.3) is 0 Å². The fraction of sp³-hybridized carbons (Fsp3) is 0.932. The number of amides is 2. The maximum Gasteiger partial charge on any atom is 0.408 e. The summed E-state index contributed by atoms with van der Waals surface area (Å²) >= 11 is 0. The Morgan fingerprint density at radius 3 is 2.09 bits per heavy atom. The van der Waals surface area contributed by atoms with Crippen molar-refractivity contribution in [3.05, 3.63) is 0 Å². The van der Waals surface area contributed by atoms with Crippen molar-refractivity contribution in [1.82, 2.24) is 10.6 Å². The van der Waals surface area contributed by atoms with Gasteiger partial charge in [-0.2, -0.15) is 0 Å². The van der Waals surface area contributed by atoms with Crippen LogP contribution in [0.15, 0.2) is 0 Å². The van der Waals surface area contributed by atoms with Gasteiger partial charge in [0.2, 0.25) is 0 Å². The highest BCUT2D eigenvalue weighted by molar-refractivity contribution is 5.81. The number of carbonyl (C=O) groups excluding carboxylic acids is 3. The Balaban J connectivity index is 1.27. The van der Waals surface area contributed by atoms with Crippen molar-refractivity contribution in [3.8, 4) is 0 Å². The third-order valence-corrected chi connectivity index (χ3v) is 15.9. The standard InChI is InChI=1S/C44H74N2O10/c1-37(2,3)55-35(50)45-21-13-14-25(46-36(51)56-38(4,5)6)34(49)54-28-22-29-42(12)23-26(47)32(27-15-16-31(53-27)40(9,10)52)41(42,11)19-20-43(29)24-44(43)18-17-30(48)39(7,8)33(28)44/h25-33,47-48,52H,13-24H2,1-12H3,(H,45,50)(H,46,51)/t25-,26-,27?,28-,29?,30-,31-,32+,33-,41+,42-,43?,44+/m0/s1. The van der Waals surface area contributed by atoms with E-state index < -0.39 is 64.7 Å². The molecule has 3 unspecified atom stereocenters. The molecule has 12 heteroatoms. The third kappa shape index (κ3) is 7.48. The van der Waals surface area contributed by atoms with Gasteiger partial charge in [-0.05, 0) is 159 Å². The van der Waals surface area contributed by atoms with E-state index in [1.165, 1.54) is 0 Å². The Morgan fingerprint density at radius 1 is 0.839 bits per heavy atom. The number of hydrogen-bond donors (Lipinski definition) is 5. The first-order valence-corrected chi connectivity index (χ1v) is 21.5. The van der Waals surface area contributed by atoms with Crippen molar-refractivity contribution < 1.29 is 48.7 Å². The lowest BCUT2D eigenvalue weighted by atomic mass is 9.41. The van der Waals surface area contributed by atoms with Gasteiger partial charge in [-0.1, -0.05) is 27.7 Å². The molecule has 0 aromatic carbocycles. The molecule has 13 atom stereocenters. The lowest BCUT2D eigenvalue weighted by Crippen LogP contribution is -2.62. The molecule has 5 N–H and O–H groups in total. The maximum absolute atomic E-state index is 14.5. The van der Waals surface area contributed by atoms with E-state index >= 15 is 0 Å². The van der Waals surface area contributed by atoms with Crippen LogP contribution >= 0.6 is 0 Å². The topological polar surface area (TPSA) is 173 Å². The number of fused-ring (bicyclic) bond motifs is 2. The van der Waals surface area contributed by atoms with Crippen LogP contribution in [0, 0.1) is 44.8 Å². The molecule has 2 spiro atoms. The summed E-state index contributed by atoms with van der Waals surface area (Å²) in [5.41, 5.74) is -3.52. The predicted molar refractivity (Wildman–Crippen MR) is 210 cm³/mol. The number of esters is 1. The second kappa shape index (κ2) is 14.3. The Hall–Kier alpha value is -2.15. The van der Waals surface area contributed by atoms with E-state index in [2.05, 4.69) is 38.3 Å². The Labute approximate surface area is 335 Å². The monoisotopic (exact) mass is 791 g/mol. The molecule has 320 valence electrons. The van der Waals surface area contributed by atoms with E-state index in [9.17, 15) is 29.7 Å². The van der Waals surface area contributed by atoms with Gasteiger partial charge in [0, 0.05) is 18.4 Å². The predicted octanol–water partition coefficient (Wildman–Crippen LogP) is 6.80. The van der Waals surface area contributed by atoms with Crippen LogP contribution in [0.4, 0.5) is 9.59 Å². The molecular weight excluding hydrogens is 716 g/mol. The second-order valence-corrected chi connectivity index (χ2v) is 22.4. The lowest BCUT2D eigenvalue weighted by molar-refractivity contribution is -0.215. The van der Waals surface area contributed by atoms with Crippen LogP contribution in [0.25, 0.3) is 0 Å². The average Bonchev–Trinajstić information content (AvgIpc) is 3.29. The molecule has 1 heterocycles. The number of rotatable bonds is 9. The zero-order chi connectivity index (χ0) is 41.7. The third-order valence-electron chi connectivity index (χ3n) is 15.9. The van der Waals surface area contributed by atoms with Gasteiger partial charge in [0.1, 0.15) is 23.3 Å². The van der Waals surface area contributed by atoms with E-state index in [-0.39, 0.29) is 64.6 Å². The first-order valence-electron chi connectivity index (χ1n) is 21.5. The minimum Gasteiger partial charge on any atom is -0.460 e. The molecule has 56 heavy (non-hydrogen) atoms. The summed E-state index contributed by atoms with van der Waals surface area (Å²) in [6.07, 6.45) is 4.61. The van der Waals surface area contributed by atoms with E-state index in [4.69, 9.17) is 18.9 Å². The summed E-state index contributed by atoms with van der Waals surface area (Å²) in [5.74, 6) is -0.555. The fourth-order valence-corrected chi connectivity index (χ4v) is 13.4. The maximum atomic E-state index is 14.5. The Bertz CT molecular complexity index is 1510. The number of ether oxygens (including phenoxy) is 4. The van der Waals surface area contributed by atoms with Crippen molar-refractivity contribution in [3.63, 3.8) is 0 Å². The summed E-state index contributed by atoms with van der Waals surface area (Å²) < 4.78 is 24.2. The molecule has 6 fully saturated rings. The minimum atomic E-state index is -1.03. The fourth-order valence-electron chi connectivity index (χ4n) is 13.4. The molecule has 0 radical (unpaired) electrons. The van der Waals surface area contributed by atoms with E-state index in [0.29, 0.717) is 25.7 Å². The van der Waals surface area contributed by atoms with Crippen LogP contribution in [0.1, 0.15) is 154 Å². The molecule has 1 saturated heterocycles. The number of aliphatic hydroxyl groups excluding tert-OH is 2. The van der Waals surface area contributed by atoms with Gasteiger partial charge in [-0.15, -0.1) is 0 Å². The van der Waals surface area contributed by atoms with Crippen LogP contribution in [-0.2, 0) is 23.7 Å². The molecule has 0 bridgehead atoms. The molecule has 5 saturated carbocycles. The lowest BCUT2D eigenvalue weighted by Gasteiger charge is -2.64. The van der Waals surface area contributed by atoms with Crippen LogP contribution in [0.2, 0.25) is 0 Å². The summed E-state index contributed by atoms with van der Waals surface area (Å²) in [5, 5.41) is 39.9. The summed E-state index contributed by atoms with van der Waals surface area (Å²) in [6.45, 7) is 23.4. The molecule has 5 aliphatic carbocycles. The zero-order valence-corrected chi connectivity index (χ0v) is 36.4. The average molecular weight is 791 g/mol. The van der Waals surface area contributed by atoms with Crippen LogP contribution in [0.3, 0.4) is 0 Å². The van der Waals surface area contributed by atoms with Crippen LogP contribution in [0.5, 0.6) is 0 Å². The Kier molecular flexibility index (Phi) is 11.1. The smallest absolute Gasteiger partial charge is 0.408 e. The highest BCUT2D eigenvalue weighted by atomic mass is 16.6. The van der Waals surface area contributed by atoms with Gasteiger partial charge >= 0.3 is 18.2 Å². The van der Waals surface area contributed by atoms with Gasteiger partial charge in [-0.3, -0.25) is 0 Å². The number of hydrogen-bond acceptors (Lipinski definition) is 10. The van der Waals surface area contributed by atoms with Gasteiger partial charge < -0.3 is 44.9 Å². The second-order valence-electron chi connectivity index (χ2n) is 22.4. The van der Waals surface area contributed by atoms with Gasteiger partial charge in [0.15, 0.2) is 0 Å². The summed E-state index contributed by atoms with van der Waals surface area (Å²) in [7, 11) is 0. The van der Waals surface area contributed by atoms with E-state index in [0.717, 1.165) is 38.5 Å². The molecule has 12 nitrogen and oxygen atoms in total. The number of nitrogens with one attached hydrogen (secondary N) is 2. The molecule has 0 aromatic heterocycles. The molecular formula is C44H74N2O10. The largest absolute Gasteiger partial charge is 0.460 e. The number of carbonyl (C=O) groups is 3. The summed E-state index contributed by atoms with van der Waals surface area (Å²) in [6, 6.07) is -1.03. The molecule has 0 aromatic rings. The quantitative estimate of drug-likeness (QED) is 0.0951. The zero-order valence-electron chi connectivity index (χ0n) is 36.4. The van der Waals surface area contributed by atoms with Crippen molar-refractivity contribution in [2.45, 2.75) is 207 Å². The van der Waals surface area contributed by atoms with Gasteiger partial charge in [0.05, 0.1) is 30.0 Å². The minimum absolute atomic E-state index is 0.0223. The molecule has 1 aliphatic heterocycles. The first-order chi connectivity index (χ1) is 25.6. The van der Waals surface area contributed by atoms with Crippen LogP contribution < -0.4 is 10.6 Å². The highest BCUT2D eigenvalue weighted by Crippen LogP contribution is 2.89. The van der Waals surface area contributed by atoms with E-state index in [1.807, 2.05) is 0 Å². The van der Waals surface area contributed by atoms with Crippen molar-refractivity contribution in [2.75, 3.05) is 6.54 Å². The van der Waals surface area contributed by atoms with E-state index in [1.54, 1.807) is 55.4 Å². The summed E-state index contributed by atoms with van der Waals surface area (Å²) in [4.78, 5) is 39.9. The highest BCUT2D eigenvalue weighted by Gasteiger charge is 2.85. The SMILES string of the molecule is CC(C)(C)OC(=O)NCCC[C@H](NC(=O)OC(C)(C)C)C(=O)O[C@H]1CC2C3(CC[C@]4(C)[C@@H](C5CC[C@@H](C(C)(C)O)O5)[C@@H](O)C[C@@]24C)C[C@@]32CC[C@H](O)C(C)(C)[C@H]12. The number of aliphatic hydroxyl groups is 3. The molecule has 6 aliphatic rings. The molecule has 2 amide bonds. The molecule has 6 rings (SSSR count). The normalized spacial score (nSPS) is 41.9. The van der Waals surface area contributed by atoms with Crippen LogP contribution in [-0.4, -0.2) is 93.4 Å².